The highest BCUT2D eigenvalue weighted by Gasteiger charge is 2.24. The number of aryl methyl sites for hydroxylation is 1. The molecule has 3 heterocycles. The van der Waals surface area contributed by atoms with E-state index >= 15 is 0 Å². The quantitative estimate of drug-likeness (QED) is 0.709. The molecule has 0 fully saturated rings. The van der Waals surface area contributed by atoms with E-state index in [1.165, 1.54) is 16.6 Å². The predicted octanol–water partition coefficient (Wildman–Crippen LogP) is 2.93. The Balaban J connectivity index is 1.50. The van der Waals surface area contributed by atoms with Crippen LogP contribution in [0, 0.1) is 0 Å². The fraction of sp³-hybridized carbons (Fsp3) is 0.294. The van der Waals surface area contributed by atoms with Crippen molar-refractivity contribution in [2.45, 2.75) is 19.5 Å². The van der Waals surface area contributed by atoms with E-state index in [0.717, 1.165) is 22.1 Å². The van der Waals surface area contributed by atoms with Gasteiger partial charge in [-0.05, 0) is 22.0 Å². The van der Waals surface area contributed by atoms with E-state index in [9.17, 15) is 4.79 Å². The van der Waals surface area contributed by atoms with Crippen molar-refractivity contribution in [2.75, 3.05) is 6.54 Å². The summed E-state index contributed by atoms with van der Waals surface area (Å²) in [4.78, 5) is 22.1. The maximum atomic E-state index is 12.5. The summed E-state index contributed by atoms with van der Waals surface area (Å²) in [5.41, 5.74) is 4.41. The van der Waals surface area contributed by atoms with Gasteiger partial charge in [0.2, 0.25) is 0 Å². The van der Waals surface area contributed by atoms with Gasteiger partial charge in [0.05, 0.1) is 24.1 Å². The van der Waals surface area contributed by atoms with E-state index < -0.39 is 0 Å². The SMILES string of the molecule is Cn1cnc(CNC(=O)N2CCc3[nH]c4c(Br)cccc4c3C2)c1. The molecule has 0 radical (unpaired) electrons. The average molecular weight is 388 g/mol. The van der Waals surface area contributed by atoms with Gasteiger partial charge in [0.15, 0.2) is 0 Å². The van der Waals surface area contributed by atoms with Crippen LogP contribution in [0.5, 0.6) is 0 Å². The van der Waals surface area contributed by atoms with Crippen LogP contribution in [0.3, 0.4) is 0 Å². The standard InChI is InChI=1S/C17H18BrN5O/c1-22-8-11(20-10-22)7-19-17(24)23-6-5-15-13(9-23)12-3-2-4-14(18)16(12)21-15/h2-4,8,10,21H,5-7,9H2,1H3,(H,19,24). The number of aromatic amines is 1. The Morgan fingerprint density at radius 3 is 3.12 bits per heavy atom. The number of benzene rings is 1. The highest BCUT2D eigenvalue weighted by molar-refractivity contribution is 9.10. The molecule has 0 saturated carbocycles. The molecule has 0 aliphatic carbocycles. The first kappa shape index (κ1) is 15.3. The lowest BCUT2D eigenvalue weighted by Gasteiger charge is -2.27. The van der Waals surface area contributed by atoms with E-state index in [2.05, 4.69) is 37.3 Å². The Morgan fingerprint density at radius 2 is 2.33 bits per heavy atom. The summed E-state index contributed by atoms with van der Waals surface area (Å²) >= 11 is 3.59. The normalized spacial score (nSPS) is 14.0. The molecular formula is C17H18BrN5O. The van der Waals surface area contributed by atoms with Crippen LogP contribution < -0.4 is 5.32 Å². The lowest BCUT2D eigenvalue weighted by molar-refractivity contribution is 0.192. The first-order valence-electron chi connectivity index (χ1n) is 7.89. The van der Waals surface area contributed by atoms with Gasteiger partial charge in [-0.1, -0.05) is 12.1 Å². The summed E-state index contributed by atoms with van der Waals surface area (Å²) in [6, 6.07) is 6.11. The molecule has 3 aromatic rings. The number of H-pyrrole nitrogens is 1. The minimum absolute atomic E-state index is 0.0457. The summed E-state index contributed by atoms with van der Waals surface area (Å²) < 4.78 is 2.93. The molecule has 124 valence electrons. The Bertz CT molecular complexity index is 913. The molecule has 2 N–H and O–H groups in total. The fourth-order valence-corrected chi connectivity index (χ4v) is 3.68. The van der Waals surface area contributed by atoms with Gasteiger partial charge < -0.3 is 19.8 Å². The van der Waals surface area contributed by atoms with Crippen molar-refractivity contribution in [1.82, 2.24) is 24.8 Å². The van der Waals surface area contributed by atoms with Gasteiger partial charge in [-0.2, -0.15) is 0 Å². The third-order valence-corrected chi connectivity index (χ3v) is 5.09. The van der Waals surface area contributed by atoms with Gasteiger partial charge in [0, 0.05) is 53.9 Å². The number of carbonyl (C=O) groups excluding carboxylic acids is 1. The number of hydrogen-bond donors (Lipinski definition) is 2. The van der Waals surface area contributed by atoms with Crippen LogP contribution in [0.4, 0.5) is 4.79 Å². The second-order valence-electron chi connectivity index (χ2n) is 6.11. The van der Waals surface area contributed by atoms with Gasteiger partial charge in [-0.3, -0.25) is 0 Å². The number of rotatable bonds is 2. The summed E-state index contributed by atoms with van der Waals surface area (Å²) in [7, 11) is 1.92. The molecule has 2 amide bonds. The maximum absolute atomic E-state index is 12.5. The van der Waals surface area contributed by atoms with Crippen molar-refractivity contribution in [1.29, 1.82) is 0 Å². The van der Waals surface area contributed by atoms with Gasteiger partial charge >= 0.3 is 6.03 Å². The molecule has 0 bridgehead atoms. The van der Waals surface area contributed by atoms with Crippen LogP contribution in [-0.2, 0) is 26.6 Å². The highest BCUT2D eigenvalue weighted by Crippen LogP contribution is 2.31. The molecule has 1 aromatic carbocycles. The lowest BCUT2D eigenvalue weighted by atomic mass is 10.0. The zero-order valence-electron chi connectivity index (χ0n) is 13.3. The first-order valence-corrected chi connectivity index (χ1v) is 8.68. The maximum Gasteiger partial charge on any atom is 0.318 e. The van der Waals surface area contributed by atoms with Gasteiger partial charge in [-0.25, -0.2) is 9.78 Å². The topological polar surface area (TPSA) is 66.0 Å². The van der Waals surface area contributed by atoms with Crippen molar-refractivity contribution in [3.63, 3.8) is 0 Å². The van der Waals surface area contributed by atoms with Crippen molar-refractivity contribution in [2.24, 2.45) is 7.05 Å². The van der Waals surface area contributed by atoms with Crippen LogP contribution in [-0.4, -0.2) is 32.0 Å². The monoisotopic (exact) mass is 387 g/mol. The molecular weight excluding hydrogens is 370 g/mol. The highest BCUT2D eigenvalue weighted by atomic mass is 79.9. The molecule has 0 unspecified atom stereocenters. The molecule has 24 heavy (non-hydrogen) atoms. The van der Waals surface area contributed by atoms with Gasteiger partial charge in [0.25, 0.3) is 0 Å². The van der Waals surface area contributed by atoms with E-state index in [-0.39, 0.29) is 6.03 Å². The Hall–Kier alpha value is -2.28. The van der Waals surface area contributed by atoms with Gasteiger partial charge in [0.1, 0.15) is 0 Å². The summed E-state index contributed by atoms with van der Waals surface area (Å²) in [6.45, 7) is 1.79. The van der Waals surface area contributed by atoms with Crippen molar-refractivity contribution in [3.8, 4) is 0 Å². The number of para-hydroxylation sites is 1. The largest absolute Gasteiger partial charge is 0.357 e. The molecule has 0 spiro atoms. The number of amides is 2. The van der Waals surface area contributed by atoms with Crippen LogP contribution in [0.25, 0.3) is 10.9 Å². The van der Waals surface area contributed by atoms with Crippen molar-refractivity contribution >= 4 is 32.9 Å². The Kier molecular flexibility index (Phi) is 3.80. The Morgan fingerprint density at radius 1 is 1.46 bits per heavy atom. The summed E-state index contributed by atoms with van der Waals surface area (Å²) in [5.74, 6) is 0. The van der Waals surface area contributed by atoms with Crippen molar-refractivity contribution < 1.29 is 4.79 Å². The fourth-order valence-electron chi connectivity index (χ4n) is 3.21. The summed E-state index contributed by atoms with van der Waals surface area (Å²) in [6.07, 6.45) is 4.48. The zero-order chi connectivity index (χ0) is 16.7. The third-order valence-electron chi connectivity index (χ3n) is 4.43. The molecule has 2 aromatic heterocycles. The smallest absolute Gasteiger partial charge is 0.318 e. The Labute approximate surface area is 148 Å². The molecule has 4 rings (SSSR count). The van der Waals surface area contributed by atoms with Crippen LogP contribution in [0.2, 0.25) is 0 Å². The minimum Gasteiger partial charge on any atom is -0.357 e. The zero-order valence-corrected chi connectivity index (χ0v) is 14.9. The first-order chi connectivity index (χ1) is 11.6. The van der Waals surface area contributed by atoms with Crippen LogP contribution in [0.15, 0.2) is 35.2 Å². The molecule has 0 saturated heterocycles. The van der Waals surface area contributed by atoms with E-state index in [1.807, 2.05) is 34.8 Å². The number of urea groups is 1. The second-order valence-corrected chi connectivity index (χ2v) is 6.96. The average Bonchev–Trinajstić information content (AvgIpc) is 3.16. The molecule has 6 nitrogen and oxygen atoms in total. The molecule has 7 heteroatoms. The molecule has 0 atom stereocenters. The predicted molar refractivity (Wildman–Crippen MR) is 95.6 cm³/mol. The van der Waals surface area contributed by atoms with Gasteiger partial charge in [-0.15, -0.1) is 0 Å². The number of aromatic nitrogens is 3. The third kappa shape index (κ3) is 2.69. The number of nitrogens with zero attached hydrogens (tertiary/aromatic N) is 3. The van der Waals surface area contributed by atoms with Crippen LogP contribution in [0.1, 0.15) is 17.0 Å². The van der Waals surface area contributed by atoms with E-state index in [0.29, 0.717) is 19.6 Å². The number of hydrogen-bond acceptors (Lipinski definition) is 2. The minimum atomic E-state index is -0.0457. The molecule has 1 aliphatic heterocycles. The second kappa shape index (κ2) is 5.98. The van der Waals surface area contributed by atoms with E-state index in [1.54, 1.807) is 6.33 Å². The van der Waals surface area contributed by atoms with E-state index in [4.69, 9.17) is 0 Å². The lowest BCUT2D eigenvalue weighted by Crippen LogP contribution is -2.42. The molecule has 1 aliphatic rings. The number of imidazole rings is 1. The summed E-state index contributed by atoms with van der Waals surface area (Å²) in [5, 5.41) is 4.14. The van der Waals surface area contributed by atoms with Crippen LogP contribution >= 0.6 is 15.9 Å². The number of fused-ring (bicyclic) bond motifs is 3. The number of halogens is 1. The van der Waals surface area contributed by atoms with Crippen molar-refractivity contribution in [3.05, 3.63) is 52.1 Å². The number of carbonyl (C=O) groups is 1. The number of nitrogens with one attached hydrogen (secondary N) is 2.